The highest BCUT2D eigenvalue weighted by molar-refractivity contribution is 7.99. The average molecular weight is 397 g/mol. The highest BCUT2D eigenvalue weighted by Gasteiger charge is 2.40. The van der Waals surface area contributed by atoms with E-state index in [2.05, 4.69) is 63.2 Å². The van der Waals surface area contributed by atoms with Crippen molar-refractivity contribution in [3.8, 4) is 0 Å². The Kier molecular flexibility index (Phi) is 7.65. The lowest BCUT2D eigenvalue weighted by Gasteiger charge is -2.43. The summed E-state index contributed by atoms with van der Waals surface area (Å²) in [5.74, 6) is 1.75. The van der Waals surface area contributed by atoms with Gasteiger partial charge < -0.3 is 5.11 Å². The number of hydrogen-bond acceptors (Lipinski definition) is 2. The van der Waals surface area contributed by atoms with E-state index >= 15 is 0 Å². The van der Waals surface area contributed by atoms with Crippen molar-refractivity contribution < 1.29 is 5.11 Å². The normalized spacial score (nSPS) is 21.5. The predicted octanol–water partition coefficient (Wildman–Crippen LogP) is 7.17. The zero-order chi connectivity index (χ0) is 20.0. The first-order valence-electron chi connectivity index (χ1n) is 11.0. The molecule has 0 aromatic heterocycles. The molecule has 1 heterocycles. The fourth-order valence-electron chi connectivity index (χ4n) is 4.59. The van der Waals surface area contributed by atoms with E-state index in [1.165, 1.54) is 60.1 Å². The van der Waals surface area contributed by atoms with Gasteiger partial charge >= 0.3 is 0 Å². The first-order valence-corrected chi connectivity index (χ1v) is 11.9. The number of fused-ring (bicyclic) bond motifs is 1. The number of aliphatic hydroxyl groups is 1. The monoisotopic (exact) mass is 396 g/mol. The second kappa shape index (κ2) is 9.98. The van der Waals surface area contributed by atoms with Crippen molar-refractivity contribution in [3.63, 3.8) is 0 Å². The van der Waals surface area contributed by atoms with Crippen LogP contribution in [0.15, 0.2) is 47.4 Å². The SMILES string of the molecule is Cc1ccc([C@@]2(C)CSc3cc(C)ccc3[C@H]2CCCCCCCCO)cc1. The van der Waals surface area contributed by atoms with E-state index in [9.17, 15) is 0 Å². The number of thioether (sulfide) groups is 1. The topological polar surface area (TPSA) is 20.2 Å². The maximum atomic E-state index is 8.93. The van der Waals surface area contributed by atoms with Gasteiger partial charge in [0, 0.05) is 22.7 Å². The summed E-state index contributed by atoms with van der Waals surface area (Å²) in [6.45, 7) is 7.20. The third-order valence-corrected chi connectivity index (χ3v) is 7.86. The van der Waals surface area contributed by atoms with E-state index in [0.717, 1.165) is 12.2 Å². The number of rotatable bonds is 9. The minimum Gasteiger partial charge on any atom is -0.396 e. The summed E-state index contributed by atoms with van der Waals surface area (Å²) in [5.41, 5.74) is 5.95. The van der Waals surface area contributed by atoms with Crippen LogP contribution in [-0.2, 0) is 5.41 Å². The zero-order valence-corrected chi connectivity index (χ0v) is 18.7. The second-order valence-corrected chi connectivity index (χ2v) is 9.82. The van der Waals surface area contributed by atoms with Crippen molar-refractivity contribution in [1.29, 1.82) is 0 Å². The molecule has 0 unspecified atom stereocenters. The first kappa shape index (κ1) is 21.5. The number of hydrogen-bond donors (Lipinski definition) is 1. The van der Waals surface area contributed by atoms with Crippen LogP contribution in [0.1, 0.15) is 80.0 Å². The van der Waals surface area contributed by atoms with E-state index < -0.39 is 0 Å². The summed E-state index contributed by atoms with van der Waals surface area (Å²) < 4.78 is 0. The summed E-state index contributed by atoms with van der Waals surface area (Å²) in [5, 5.41) is 8.93. The molecule has 0 saturated heterocycles. The Balaban J connectivity index is 1.77. The molecule has 1 aliphatic heterocycles. The van der Waals surface area contributed by atoms with Gasteiger partial charge in [0.15, 0.2) is 0 Å². The molecule has 1 N–H and O–H groups in total. The molecule has 0 aliphatic carbocycles. The van der Waals surface area contributed by atoms with Crippen LogP contribution >= 0.6 is 11.8 Å². The van der Waals surface area contributed by atoms with Crippen molar-refractivity contribution in [2.75, 3.05) is 12.4 Å². The maximum Gasteiger partial charge on any atom is 0.0431 e. The van der Waals surface area contributed by atoms with Gasteiger partial charge in [-0.2, -0.15) is 0 Å². The molecule has 0 spiro atoms. The minimum absolute atomic E-state index is 0.192. The van der Waals surface area contributed by atoms with Gasteiger partial charge in [-0.1, -0.05) is 86.6 Å². The van der Waals surface area contributed by atoms with Gasteiger partial charge in [-0.05, 0) is 49.8 Å². The smallest absolute Gasteiger partial charge is 0.0431 e. The minimum atomic E-state index is 0.192. The van der Waals surface area contributed by atoms with E-state index in [4.69, 9.17) is 5.11 Å². The molecule has 0 amide bonds. The Labute approximate surface area is 176 Å². The van der Waals surface area contributed by atoms with Crippen molar-refractivity contribution in [2.45, 2.75) is 81.9 Å². The number of aryl methyl sites for hydroxylation is 2. The Morgan fingerprint density at radius 3 is 2.25 bits per heavy atom. The van der Waals surface area contributed by atoms with Crippen molar-refractivity contribution in [2.24, 2.45) is 0 Å². The molecule has 0 fully saturated rings. The molecular weight excluding hydrogens is 360 g/mol. The van der Waals surface area contributed by atoms with Crippen LogP contribution in [-0.4, -0.2) is 17.5 Å². The molecular formula is C26H36OS. The van der Waals surface area contributed by atoms with Crippen LogP contribution in [0.4, 0.5) is 0 Å². The lowest BCUT2D eigenvalue weighted by molar-refractivity contribution is 0.282. The van der Waals surface area contributed by atoms with Gasteiger partial charge in [0.2, 0.25) is 0 Å². The van der Waals surface area contributed by atoms with Crippen LogP contribution < -0.4 is 0 Å². The van der Waals surface area contributed by atoms with Crippen LogP contribution in [0.5, 0.6) is 0 Å². The molecule has 1 nitrogen and oxygen atoms in total. The van der Waals surface area contributed by atoms with Crippen LogP contribution in [0.25, 0.3) is 0 Å². The summed E-state index contributed by atoms with van der Waals surface area (Å²) in [6.07, 6.45) is 8.54. The highest BCUT2D eigenvalue weighted by Crippen LogP contribution is 2.52. The summed E-state index contributed by atoms with van der Waals surface area (Å²) in [4.78, 5) is 1.50. The Morgan fingerprint density at radius 1 is 0.893 bits per heavy atom. The standard InChI is InChI=1S/C26H36OS/c1-20-11-14-22(15-12-20)26(3)19-28-25-18-21(2)13-16-23(25)24(26)10-8-6-4-5-7-9-17-27/h11-16,18,24,27H,4-10,17,19H2,1-3H3/t24-,26-/m1/s1. The zero-order valence-electron chi connectivity index (χ0n) is 17.8. The Bertz CT molecular complexity index is 752. The van der Waals surface area contributed by atoms with Gasteiger partial charge in [-0.3, -0.25) is 0 Å². The lowest BCUT2D eigenvalue weighted by atomic mass is 9.67. The van der Waals surface area contributed by atoms with E-state index in [-0.39, 0.29) is 5.41 Å². The van der Waals surface area contributed by atoms with Crippen molar-refractivity contribution in [3.05, 3.63) is 64.7 Å². The van der Waals surface area contributed by atoms with Gasteiger partial charge in [0.05, 0.1) is 0 Å². The van der Waals surface area contributed by atoms with Gasteiger partial charge in [0.25, 0.3) is 0 Å². The number of benzene rings is 2. The molecule has 2 heteroatoms. The molecule has 2 aromatic rings. The summed E-state index contributed by atoms with van der Waals surface area (Å²) >= 11 is 2.04. The van der Waals surface area contributed by atoms with Gasteiger partial charge in [-0.25, -0.2) is 0 Å². The van der Waals surface area contributed by atoms with Crippen LogP contribution in [0, 0.1) is 13.8 Å². The van der Waals surface area contributed by atoms with Crippen LogP contribution in [0.3, 0.4) is 0 Å². The van der Waals surface area contributed by atoms with Gasteiger partial charge in [-0.15, -0.1) is 11.8 Å². The summed E-state index contributed by atoms with van der Waals surface area (Å²) in [6, 6.07) is 16.3. The molecule has 3 rings (SSSR count). The van der Waals surface area contributed by atoms with E-state index in [1.807, 2.05) is 11.8 Å². The average Bonchev–Trinajstić information content (AvgIpc) is 2.69. The fraction of sp³-hybridized carbons (Fsp3) is 0.538. The summed E-state index contributed by atoms with van der Waals surface area (Å²) in [7, 11) is 0. The van der Waals surface area contributed by atoms with Crippen LogP contribution in [0.2, 0.25) is 0 Å². The molecule has 2 aromatic carbocycles. The van der Waals surface area contributed by atoms with Crippen molar-refractivity contribution in [1.82, 2.24) is 0 Å². The molecule has 0 bridgehead atoms. The molecule has 152 valence electrons. The Hall–Kier alpha value is -1.25. The highest BCUT2D eigenvalue weighted by atomic mass is 32.2. The number of unbranched alkanes of at least 4 members (excludes halogenated alkanes) is 5. The van der Waals surface area contributed by atoms with Crippen molar-refractivity contribution >= 4 is 11.8 Å². The maximum absolute atomic E-state index is 8.93. The molecule has 2 atom stereocenters. The predicted molar refractivity (Wildman–Crippen MR) is 123 cm³/mol. The Morgan fingerprint density at radius 2 is 1.54 bits per heavy atom. The molecule has 28 heavy (non-hydrogen) atoms. The molecule has 1 aliphatic rings. The fourth-order valence-corrected chi connectivity index (χ4v) is 6.06. The van der Waals surface area contributed by atoms with Gasteiger partial charge in [0.1, 0.15) is 0 Å². The number of aliphatic hydroxyl groups excluding tert-OH is 1. The molecule has 0 radical (unpaired) electrons. The van der Waals surface area contributed by atoms with E-state index in [1.54, 1.807) is 5.56 Å². The second-order valence-electron chi connectivity index (χ2n) is 8.80. The third-order valence-electron chi connectivity index (χ3n) is 6.45. The quantitative estimate of drug-likeness (QED) is 0.453. The molecule has 0 saturated carbocycles. The largest absolute Gasteiger partial charge is 0.396 e. The third kappa shape index (κ3) is 5.02. The lowest BCUT2D eigenvalue weighted by Crippen LogP contribution is -2.36. The first-order chi connectivity index (χ1) is 13.5. The van der Waals surface area contributed by atoms with E-state index in [0.29, 0.717) is 12.5 Å².